The van der Waals surface area contributed by atoms with Gasteiger partial charge in [0, 0.05) is 18.3 Å². The van der Waals surface area contributed by atoms with Gasteiger partial charge in [-0.05, 0) is 24.6 Å². The molecule has 7 heteroatoms. The molecular weight excluding hydrogens is 344 g/mol. The minimum atomic E-state index is -0.802. The fourth-order valence-corrected chi connectivity index (χ4v) is 2.32. The van der Waals surface area contributed by atoms with Gasteiger partial charge in [-0.25, -0.2) is 0 Å². The summed E-state index contributed by atoms with van der Waals surface area (Å²) in [6.07, 6.45) is 0.253. The van der Waals surface area contributed by atoms with Crippen LogP contribution in [0.3, 0.4) is 0 Å². The van der Waals surface area contributed by atoms with E-state index in [1.54, 1.807) is 12.3 Å². The number of para-hydroxylation sites is 2. The zero-order valence-corrected chi connectivity index (χ0v) is 15.0. The number of aliphatic hydroxyl groups excluding tert-OH is 1. The summed E-state index contributed by atoms with van der Waals surface area (Å²) in [7, 11) is 0. The van der Waals surface area contributed by atoms with Gasteiger partial charge in [0.1, 0.15) is 0 Å². The van der Waals surface area contributed by atoms with Crippen LogP contribution in [0.5, 0.6) is 11.5 Å². The van der Waals surface area contributed by atoms with Crippen LogP contribution in [0, 0.1) is 0 Å². The number of hydrogen-bond acceptors (Lipinski definition) is 7. The molecule has 2 aromatic carbocycles. The topological polar surface area (TPSA) is 66.4 Å². The van der Waals surface area contributed by atoms with Gasteiger partial charge in [-0.3, -0.25) is 0 Å². The summed E-state index contributed by atoms with van der Waals surface area (Å²) in [6, 6.07) is 16.8. The van der Waals surface area contributed by atoms with E-state index in [9.17, 15) is 5.11 Å². The molecule has 2 atom stereocenters. The predicted octanol–water partition coefficient (Wildman–Crippen LogP) is 3.72. The van der Waals surface area contributed by atoms with Crippen molar-refractivity contribution in [3.63, 3.8) is 0 Å². The van der Waals surface area contributed by atoms with Gasteiger partial charge in [-0.2, -0.15) is 4.89 Å². The molecule has 0 unspecified atom stereocenters. The molecule has 2 rings (SSSR count). The Hall–Kier alpha value is -1.77. The van der Waals surface area contributed by atoms with Gasteiger partial charge in [-0.15, -0.1) is 4.33 Å². The molecule has 0 aromatic heterocycles. The number of hydrogen-bond donors (Lipinski definition) is 1. The smallest absolute Gasteiger partial charge is 0.162 e. The third-order valence-corrected chi connectivity index (χ3v) is 3.50. The van der Waals surface area contributed by atoms with E-state index < -0.39 is 12.2 Å². The van der Waals surface area contributed by atoms with E-state index in [1.807, 2.05) is 55.5 Å². The second kappa shape index (κ2) is 11.0. The SMILES string of the molecule is CCOc1ccccc1O[C@@H](c1ccccc1)[C@@H](CO)OOOSC. The quantitative estimate of drug-likeness (QED) is 0.281. The van der Waals surface area contributed by atoms with Crippen LogP contribution in [-0.4, -0.2) is 30.7 Å². The van der Waals surface area contributed by atoms with E-state index in [0.29, 0.717) is 18.1 Å². The molecule has 0 radical (unpaired) electrons. The molecule has 0 saturated heterocycles. The minimum Gasteiger partial charge on any atom is -0.490 e. The highest BCUT2D eigenvalue weighted by Crippen LogP contribution is 2.33. The summed E-state index contributed by atoms with van der Waals surface area (Å²) >= 11 is 0.985. The number of aliphatic hydroxyl groups is 1. The molecule has 6 nitrogen and oxygen atoms in total. The Kier molecular flexibility index (Phi) is 8.58. The molecule has 0 aliphatic carbocycles. The molecule has 2 aromatic rings. The van der Waals surface area contributed by atoms with Crippen LogP contribution in [0.4, 0.5) is 0 Å². The second-order valence-electron chi connectivity index (χ2n) is 4.95. The average Bonchev–Trinajstić information content (AvgIpc) is 2.66. The normalized spacial score (nSPS) is 13.2. The average molecular weight is 366 g/mol. The molecular formula is C18H22O6S. The van der Waals surface area contributed by atoms with Crippen molar-refractivity contribution in [2.45, 2.75) is 19.1 Å². The van der Waals surface area contributed by atoms with Crippen LogP contribution in [-0.2, 0) is 14.3 Å². The zero-order valence-electron chi connectivity index (χ0n) is 14.2. The Morgan fingerprint density at radius 3 is 2.32 bits per heavy atom. The van der Waals surface area contributed by atoms with Crippen LogP contribution in [0.15, 0.2) is 54.6 Å². The van der Waals surface area contributed by atoms with Gasteiger partial charge in [0.2, 0.25) is 0 Å². The Morgan fingerprint density at radius 2 is 1.68 bits per heavy atom. The van der Waals surface area contributed by atoms with E-state index in [2.05, 4.69) is 9.37 Å². The van der Waals surface area contributed by atoms with Crippen molar-refractivity contribution < 1.29 is 28.8 Å². The number of benzene rings is 2. The van der Waals surface area contributed by atoms with E-state index in [4.69, 9.17) is 14.4 Å². The minimum absolute atomic E-state index is 0.325. The lowest BCUT2D eigenvalue weighted by Crippen LogP contribution is -2.30. The van der Waals surface area contributed by atoms with Gasteiger partial charge >= 0.3 is 0 Å². The van der Waals surface area contributed by atoms with E-state index in [1.165, 1.54) is 0 Å². The van der Waals surface area contributed by atoms with E-state index >= 15 is 0 Å². The van der Waals surface area contributed by atoms with E-state index in [-0.39, 0.29) is 6.61 Å². The summed E-state index contributed by atoms with van der Waals surface area (Å²) in [5.74, 6) is 1.16. The van der Waals surface area contributed by atoms with Crippen molar-refractivity contribution in [1.82, 2.24) is 0 Å². The monoisotopic (exact) mass is 366 g/mol. The predicted molar refractivity (Wildman–Crippen MR) is 95.1 cm³/mol. The first-order valence-electron chi connectivity index (χ1n) is 7.87. The molecule has 0 amide bonds. The molecule has 136 valence electrons. The van der Waals surface area contributed by atoms with Gasteiger partial charge in [-0.1, -0.05) is 47.5 Å². The first-order chi connectivity index (χ1) is 12.3. The molecule has 0 aliphatic heterocycles. The van der Waals surface area contributed by atoms with Crippen LogP contribution >= 0.6 is 12.0 Å². The second-order valence-corrected chi connectivity index (χ2v) is 5.42. The Morgan fingerprint density at radius 1 is 1.00 bits per heavy atom. The summed E-state index contributed by atoms with van der Waals surface area (Å²) in [5.41, 5.74) is 0.820. The zero-order chi connectivity index (χ0) is 17.9. The van der Waals surface area contributed by atoms with Crippen LogP contribution in [0.25, 0.3) is 0 Å². The third kappa shape index (κ3) is 5.91. The van der Waals surface area contributed by atoms with Crippen molar-refractivity contribution in [3.8, 4) is 11.5 Å². The molecule has 0 heterocycles. The number of rotatable bonds is 11. The third-order valence-electron chi connectivity index (χ3n) is 3.31. The number of ether oxygens (including phenoxy) is 2. The van der Waals surface area contributed by atoms with Crippen molar-refractivity contribution >= 4 is 12.0 Å². The molecule has 0 fully saturated rings. The Bertz CT molecular complexity index is 610. The summed E-state index contributed by atoms with van der Waals surface area (Å²) in [6.45, 7) is 2.09. The highest BCUT2D eigenvalue weighted by atomic mass is 32.2. The van der Waals surface area contributed by atoms with Crippen molar-refractivity contribution in [3.05, 3.63) is 60.2 Å². The fourth-order valence-electron chi connectivity index (χ4n) is 2.23. The fraction of sp³-hybridized carbons (Fsp3) is 0.333. The van der Waals surface area contributed by atoms with E-state index in [0.717, 1.165) is 17.6 Å². The van der Waals surface area contributed by atoms with Gasteiger partial charge in [0.05, 0.1) is 13.2 Å². The highest BCUT2D eigenvalue weighted by Gasteiger charge is 2.28. The van der Waals surface area contributed by atoms with Crippen molar-refractivity contribution in [1.29, 1.82) is 0 Å². The molecule has 0 saturated carbocycles. The Balaban J connectivity index is 2.25. The first-order valence-corrected chi connectivity index (χ1v) is 9.02. The molecule has 0 aliphatic rings. The maximum absolute atomic E-state index is 9.73. The Labute approximate surface area is 151 Å². The lowest BCUT2D eigenvalue weighted by Gasteiger charge is -2.26. The van der Waals surface area contributed by atoms with Gasteiger partial charge in [0.15, 0.2) is 23.7 Å². The standard InChI is InChI=1S/C18H22O6S/c1-3-20-15-11-7-8-12-16(15)21-18(14-9-5-4-6-10-14)17(13-19)22-23-24-25-2/h4-12,17-19H,3,13H2,1-2H3/t17-,18+/m1/s1. The van der Waals surface area contributed by atoms with Crippen molar-refractivity contribution in [2.75, 3.05) is 19.5 Å². The van der Waals surface area contributed by atoms with Gasteiger partial charge in [0.25, 0.3) is 0 Å². The lowest BCUT2D eigenvalue weighted by atomic mass is 10.0. The van der Waals surface area contributed by atoms with Gasteiger partial charge < -0.3 is 14.6 Å². The molecule has 1 N–H and O–H groups in total. The summed E-state index contributed by atoms with van der Waals surface area (Å²) in [5, 5.41) is 14.4. The van der Waals surface area contributed by atoms with Crippen LogP contribution < -0.4 is 9.47 Å². The molecule has 25 heavy (non-hydrogen) atoms. The highest BCUT2D eigenvalue weighted by molar-refractivity contribution is 7.93. The lowest BCUT2D eigenvalue weighted by molar-refractivity contribution is -0.484. The van der Waals surface area contributed by atoms with Crippen LogP contribution in [0.1, 0.15) is 18.6 Å². The maximum Gasteiger partial charge on any atom is 0.162 e. The molecule has 0 bridgehead atoms. The summed E-state index contributed by atoms with van der Waals surface area (Å²) < 4.78 is 16.4. The summed E-state index contributed by atoms with van der Waals surface area (Å²) in [4.78, 5) is 5.16. The molecule has 0 spiro atoms. The first kappa shape index (κ1) is 19.6. The largest absolute Gasteiger partial charge is 0.490 e. The van der Waals surface area contributed by atoms with Crippen LogP contribution in [0.2, 0.25) is 0 Å². The van der Waals surface area contributed by atoms with Crippen molar-refractivity contribution in [2.24, 2.45) is 0 Å². The maximum atomic E-state index is 9.73.